The Bertz CT molecular complexity index is 1150. The summed E-state index contributed by atoms with van der Waals surface area (Å²) in [5, 5.41) is 7.23. The molecule has 1 aromatic heterocycles. The SMILES string of the molecule is O=C1CC(c2ccc(-c3ccc4ccc(OCc5cscn5)cc4c3)cc2)CN1. The van der Waals surface area contributed by atoms with E-state index >= 15 is 0 Å². The quantitative estimate of drug-likeness (QED) is 0.504. The molecule has 1 saturated heterocycles. The summed E-state index contributed by atoms with van der Waals surface area (Å²) in [6.07, 6.45) is 0.582. The van der Waals surface area contributed by atoms with Crippen molar-refractivity contribution in [1.29, 1.82) is 0 Å². The van der Waals surface area contributed by atoms with Gasteiger partial charge in [-0.25, -0.2) is 4.98 Å². The summed E-state index contributed by atoms with van der Waals surface area (Å²) in [6.45, 7) is 1.21. The third-order valence-corrected chi connectivity index (χ3v) is 6.01. The Hall–Kier alpha value is -3.18. The van der Waals surface area contributed by atoms with Crippen LogP contribution in [0.5, 0.6) is 5.75 Å². The average molecular weight is 401 g/mol. The van der Waals surface area contributed by atoms with E-state index in [-0.39, 0.29) is 11.8 Å². The predicted octanol–water partition coefficient (Wildman–Crippen LogP) is 5.15. The van der Waals surface area contributed by atoms with E-state index in [0.29, 0.717) is 13.0 Å². The van der Waals surface area contributed by atoms with Crippen LogP contribution in [0, 0.1) is 0 Å². The van der Waals surface area contributed by atoms with Crippen molar-refractivity contribution in [2.45, 2.75) is 18.9 Å². The zero-order chi connectivity index (χ0) is 19.6. The second-order valence-corrected chi connectivity index (χ2v) is 8.04. The highest BCUT2D eigenvalue weighted by molar-refractivity contribution is 7.07. The molecule has 0 radical (unpaired) electrons. The van der Waals surface area contributed by atoms with Gasteiger partial charge in [0.15, 0.2) is 0 Å². The third-order valence-electron chi connectivity index (χ3n) is 5.37. The van der Waals surface area contributed by atoms with Gasteiger partial charge in [-0.15, -0.1) is 11.3 Å². The molecule has 0 bridgehead atoms. The molecule has 4 aromatic rings. The van der Waals surface area contributed by atoms with E-state index in [1.165, 1.54) is 22.1 Å². The minimum atomic E-state index is 0.140. The standard InChI is InChI=1S/C24H20N2O2S/c27-24-11-21(12-25-24)18-3-1-16(2-4-18)19-6-5-17-7-8-23(10-20(17)9-19)28-13-22-14-29-15-26-22/h1-10,14-15,21H,11-13H2,(H,25,27). The molecule has 5 rings (SSSR count). The number of nitrogens with zero attached hydrogens (tertiary/aromatic N) is 1. The lowest BCUT2D eigenvalue weighted by Crippen LogP contribution is -2.13. The van der Waals surface area contributed by atoms with Crippen molar-refractivity contribution in [2.24, 2.45) is 0 Å². The summed E-state index contributed by atoms with van der Waals surface area (Å²) < 4.78 is 5.90. The second-order valence-electron chi connectivity index (χ2n) is 7.32. The fourth-order valence-corrected chi connectivity index (χ4v) is 4.29. The van der Waals surface area contributed by atoms with Gasteiger partial charge in [0.2, 0.25) is 5.91 Å². The summed E-state index contributed by atoms with van der Waals surface area (Å²) in [5.74, 6) is 1.27. The van der Waals surface area contributed by atoms with Crippen LogP contribution >= 0.6 is 11.3 Å². The molecule has 1 atom stereocenters. The number of hydrogen-bond acceptors (Lipinski definition) is 4. The smallest absolute Gasteiger partial charge is 0.220 e. The second kappa shape index (κ2) is 7.68. The lowest BCUT2D eigenvalue weighted by molar-refractivity contribution is -0.119. The van der Waals surface area contributed by atoms with Gasteiger partial charge in [-0.3, -0.25) is 4.79 Å². The van der Waals surface area contributed by atoms with Gasteiger partial charge in [0.05, 0.1) is 11.2 Å². The Morgan fingerprint density at radius 1 is 1.00 bits per heavy atom. The summed E-state index contributed by atoms with van der Waals surface area (Å²) in [7, 11) is 0. The molecule has 2 heterocycles. The van der Waals surface area contributed by atoms with Gasteiger partial charge >= 0.3 is 0 Å². The van der Waals surface area contributed by atoms with Crippen LogP contribution in [0.2, 0.25) is 0 Å². The van der Waals surface area contributed by atoms with E-state index in [4.69, 9.17) is 4.74 Å². The van der Waals surface area contributed by atoms with Crippen LogP contribution in [-0.2, 0) is 11.4 Å². The number of carbonyl (C=O) groups excluding carboxylic acids is 1. The van der Waals surface area contributed by atoms with Crippen molar-refractivity contribution in [1.82, 2.24) is 10.3 Å². The predicted molar refractivity (Wildman–Crippen MR) is 116 cm³/mol. The van der Waals surface area contributed by atoms with E-state index in [2.05, 4.69) is 64.9 Å². The third kappa shape index (κ3) is 3.87. The van der Waals surface area contributed by atoms with Crippen molar-refractivity contribution in [3.8, 4) is 16.9 Å². The summed E-state index contributed by atoms with van der Waals surface area (Å²) >= 11 is 1.57. The number of hydrogen-bond donors (Lipinski definition) is 1. The number of amides is 1. The largest absolute Gasteiger partial charge is 0.487 e. The molecule has 144 valence electrons. The first kappa shape index (κ1) is 17.9. The molecule has 1 aliphatic rings. The first-order valence-corrected chi connectivity index (χ1v) is 10.6. The van der Waals surface area contributed by atoms with Gasteiger partial charge in [-0.05, 0) is 45.7 Å². The van der Waals surface area contributed by atoms with Crippen LogP contribution < -0.4 is 10.1 Å². The molecule has 1 amide bonds. The number of carbonyl (C=O) groups is 1. The maximum Gasteiger partial charge on any atom is 0.220 e. The number of ether oxygens (including phenoxy) is 1. The first-order chi connectivity index (χ1) is 14.2. The molecular formula is C24H20N2O2S. The van der Waals surface area contributed by atoms with Crippen LogP contribution in [0.25, 0.3) is 21.9 Å². The molecular weight excluding hydrogens is 380 g/mol. The van der Waals surface area contributed by atoms with Gasteiger partial charge in [0.1, 0.15) is 12.4 Å². The zero-order valence-electron chi connectivity index (χ0n) is 15.8. The van der Waals surface area contributed by atoms with Crippen LogP contribution in [-0.4, -0.2) is 17.4 Å². The molecule has 29 heavy (non-hydrogen) atoms. The number of aromatic nitrogens is 1. The topological polar surface area (TPSA) is 51.2 Å². The molecule has 5 heteroatoms. The van der Waals surface area contributed by atoms with Gasteiger partial charge in [0.25, 0.3) is 0 Å². The Morgan fingerprint density at radius 2 is 1.83 bits per heavy atom. The van der Waals surface area contributed by atoms with Crippen molar-refractivity contribution in [3.05, 3.63) is 82.8 Å². The maximum absolute atomic E-state index is 11.5. The highest BCUT2D eigenvalue weighted by Gasteiger charge is 2.22. The molecule has 0 spiro atoms. The normalized spacial score (nSPS) is 16.1. The van der Waals surface area contributed by atoms with Crippen LogP contribution in [0.1, 0.15) is 23.6 Å². The fraction of sp³-hybridized carbons (Fsp3) is 0.167. The molecule has 1 N–H and O–H groups in total. The minimum absolute atomic E-state index is 0.140. The van der Waals surface area contributed by atoms with Gasteiger partial charge < -0.3 is 10.1 Å². The number of nitrogens with one attached hydrogen (secondary N) is 1. The number of rotatable bonds is 5. The number of thiazole rings is 1. The molecule has 1 fully saturated rings. The Balaban J connectivity index is 1.37. The molecule has 3 aromatic carbocycles. The maximum atomic E-state index is 11.5. The molecule has 4 nitrogen and oxygen atoms in total. The summed E-state index contributed by atoms with van der Waals surface area (Å²) in [4.78, 5) is 15.7. The Labute approximate surface area is 173 Å². The molecule has 1 unspecified atom stereocenters. The lowest BCUT2D eigenvalue weighted by atomic mass is 9.95. The van der Waals surface area contributed by atoms with Crippen LogP contribution in [0.3, 0.4) is 0 Å². The van der Waals surface area contributed by atoms with Crippen LogP contribution in [0.4, 0.5) is 0 Å². The lowest BCUT2D eigenvalue weighted by Gasteiger charge is -2.10. The van der Waals surface area contributed by atoms with E-state index in [1.807, 2.05) is 17.0 Å². The first-order valence-electron chi connectivity index (χ1n) is 9.65. The highest BCUT2D eigenvalue weighted by Crippen LogP contribution is 2.30. The van der Waals surface area contributed by atoms with E-state index in [9.17, 15) is 4.79 Å². The van der Waals surface area contributed by atoms with Crippen molar-refractivity contribution in [2.75, 3.05) is 6.54 Å². The van der Waals surface area contributed by atoms with Crippen molar-refractivity contribution < 1.29 is 9.53 Å². The molecule has 0 aliphatic carbocycles. The molecule has 0 saturated carbocycles. The highest BCUT2D eigenvalue weighted by atomic mass is 32.1. The van der Waals surface area contributed by atoms with Crippen molar-refractivity contribution >= 4 is 28.0 Å². The minimum Gasteiger partial charge on any atom is -0.487 e. The Kier molecular flexibility index (Phi) is 4.74. The van der Waals surface area contributed by atoms with E-state index < -0.39 is 0 Å². The van der Waals surface area contributed by atoms with Gasteiger partial charge in [0, 0.05) is 24.3 Å². The van der Waals surface area contributed by atoms with Gasteiger partial charge in [-0.1, -0.05) is 42.5 Å². The van der Waals surface area contributed by atoms with Crippen LogP contribution in [0.15, 0.2) is 71.6 Å². The molecule has 1 aliphatic heterocycles. The number of fused-ring (bicyclic) bond motifs is 1. The van der Waals surface area contributed by atoms with E-state index in [1.54, 1.807) is 11.3 Å². The Morgan fingerprint density at radius 3 is 2.59 bits per heavy atom. The fourth-order valence-electron chi connectivity index (χ4n) is 3.75. The van der Waals surface area contributed by atoms with Crippen molar-refractivity contribution in [3.63, 3.8) is 0 Å². The monoisotopic (exact) mass is 400 g/mol. The van der Waals surface area contributed by atoms with E-state index in [0.717, 1.165) is 23.4 Å². The van der Waals surface area contributed by atoms with Gasteiger partial charge in [-0.2, -0.15) is 0 Å². The average Bonchev–Trinajstić information content (AvgIpc) is 3.43. The summed E-state index contributed by atoms with van der Waals surface area (Å²) in [5.41, 5.74) is 6.31. The zero-order valence-corrected chi connectivity index (χ0v) is 16.6. The number of benzene rings is 3. The summed E-state index contributed by atoms with van der Waals surface area (Å²) in [6, 6.07) is 21.2.